The summed E-state index contributed by atoms with van der Waals surface area (Å²) >= 11 is 11.8. The van der Waals surface area contributed by atoms with E-state index in [4.69, 9.17) is 32.7 Å². The number of halogens is 2. The Kier molecular flexibility index (Phi) is 8.71. The predicted molar refractivity (Wildman–Crippen MR) is 143 cm³/mol. The van der Waals surface area contributed by atoms with Gasteiger partial charge in [-0.1, -0.05) is 35.3 Å². The molecule has 4 rings (SSSR count). The Bertz CT molecular complexity index is 1380. The molecule has 1 atom stereocenters. The summed E-state index contributed by atoms with van der Waals surface area (Å²) in [4.78, 5) is 12.9. The largest absolute Gasteiger partial charge is 0.493 e. The van der Waals surface area contributed by atoms with E-state index in [2.05, 4.69) is 10.5 Å². The maximum atomic E-state index is 13.0. The first-order chi connectivity index (χ1) is 17.8. The summed E-state index contributed by atoms with van der Waals surface area (Å²) < 4.78 is 38.6. The van der Waals surface area contributed by atoms with Crippen molar-refractivity contribution in [2.24, 2.45) is 5.10 Å². The van der Waals surface area contributed by atoms with Crippen LogP contribution in [0.2, 0.25) is 10.0 Å². The van der Waals surface area contributed by atoms with Crippen molar-refractivity contribution in [1.82, 2.24) is 9.73 Å². The molecule has 1 aliphatic rings. The molecule has 0 spiro atoms. The summed E-state index contributed by atoms with van der Waals surface area (Å²) in [5.74, 6) is 0.550. The number of ether oxygens (including phenoxy) is 2. The molecule has 0 radical (unpaired) electrons. The average Bonchev–Trinajstić information content (AvgIpc) is 3.40. The molecule has 37 heavy (non-hydrogen) atoms. The summed E-state index contributed by atoms with van der Waals surface area (Å²) in [5.41, 5.74) is 4.08. The lowest BCUT2D eigenvalue weighted by Crippen LogP contribution is -2.44. The molecule has 1 heterocycles. The first-order valence-electron chi connectivity index (χ1n) is 11.4. The maximum absolute atomic E-state index is 13.0. The molecule has 11 heteroatoms. The van der Waals surface area contributed by atoms with Crippen molar-refractivity contribution in [3.05, 3.63) is 87.9 Å². The number of hydrazone groups is 1. The molecule has 3 aromatic rings. The first kappa shape index (κ1) is 26.9. The van der Waals surface area contributed by atoms with Gasteiger partial charge in [0, 0.05) is 16.6 Å². The molecule has 1 amide bonds. The third-order valence-corrected chi connectivity index (χ3v) is 8.24. The van der Waals surface area contributed by atoms with E-state index in [1.165, 1.54) is 41.9 Å². The van der Waals surface area contributed by atoms with Crippen LogP contribution in [0.15, 0.2) is 76.7 Å². The van der Waals surface area contributed by atoms with Crippen LogP contribution in [-0.4, -0.2) is 44.5 Å². The lowest BCUT2D eigenvalue weighted by atomic mass is 10.2. The molecule has 1 saturated heterocycles. The van der Waals surface area contributed by atoms with Gasteiger partial charge in [-0.3, -0.25) is 4.79 Å². The molecule has 0 bridgehead atoms. The number of nitrogens with one attached hydrogen (secondary N) is 1. The van der Waals surface area contributed by atoms with Crippen LogP contribution in [0.1, 0.15) is 24.0 Å². The zero-order valence-electron chi connectivity index (χ0n) is 19.9. The Balaban J connectivity index is 1.38. The molecule has 1 fully saturated rings. The van der Waals surface area contributed by atoms with Gasteiger partial charge in [-0.25, -0.2) is 13.8 Å². The van der Waals surface area contributed by atoms with Gasteiger partial charge in [-0.2, -0.15) is 9.41 Å². The number of hydrogen-bond donors (Lipinski definition) is 1. The second-order valence-electron chi connectivity index (χ2n) is 8.29. The Labute approximate surface area is 225 Å². The van der Waals surface area contributed by atoms with Gasteiger partial charge in [0.25, 0.3) is 5.91 Å². The highest BCUT2D eigenvalue weighted by molar-refractivity contribution is 7.89. The third-order valence-electron chi connectivity index (χ3n) is 5.81. The highest BCUT2D eigenvalue weighted by Gasteiger charge is 2.39. The molecule has 0 aromatic heterocycles. The van der Waals surface area contributed by atoms with Crippen molar-refractivity contribution < 1.29 is 22.7 Å². The van der Waals surface area contributed by atoms with Gasteiger partial charge in [0.15, 0.2) is 11.5 Å². The zero-order valence-corrected chi connectivity index (χ0v) is 22.3. The molecular weight excluding hydrogens is 537 g/mol. The van der Waals surface area contributed by atoms with Crippen LogP contribution in [0.25, 0.3) is 0 Å². The molecule has 1 aliphatic heterocycles. The molecule has 8 nitrogen and oxygen atoms in total. The zero-order chi connectivity index (χ0) is 26.4. The van der Waals surface area contributed by atoms with Crippen LogP contribution in [0.4, 0.5) is 0 Å². The van der Waals surface area contributed by atoms with E-state index >= 15 is 0 Å². The van der Waals surface area contributed by atoms with Gasteiger partial charge in [0.05, 0.1) is 18.2 Å². The summed E-state index contributed by atoms with van der Waals surface area (Å²) in [6.45, 7) is 0.593. The van der Waals surface area contributed by atoms with E-state index in [0.717, 1.165) is 5.56 Å². The van der Waals surface area contributed by atoms with Crippen molar-refractivity contribution in [1.29, 1.82) is 0 Å². The fourth-order valence-corrected chi connectivity index (χ4v) is 5.81. The van der Waals surface area contributed by atoms with Gasteiger partial charge >= 0.3 is 0 Å². The average molecular weight is 562 g/mol. The van der Waals surface area contributed by atoms with Crippen LogP contribution in [-0.2, 0) is 21.4 Å². The summed E-state index contributed by atoms with van der Waals surface area (Å²) in [7, 11) is -2.31. The predicted octanol–water partition coefficient (Wildman–Crippen LogP) is 4.88. The van der Waals surface area contributed by atoms with E-state index < -0.39 is 22.0 Å². The summed E-state index contributed by atoms with van der Waals surface area (Å²) in [6.07, 6.45) is 2.43. The van der Waals surface area contributed by atoms with Gasteiger partial charge in [-0.15, -0.1) is 0 Å². The fourth-order valence-electron chi connectivity index (χ4n) is 3.90. The van der Waals surface area contributed by atoms with Crippen LogP contribution >= 0.6 is 23.2 Å². The number of carbonyl (C=O) groups excluding carboxylic acids is 1. The lowest BCUT2D eigenvalue weighted by Gasteiger charge is -2.22. The normalized spacial score (nSPS) is 16.1. The maximum Gasteiger partial charge on any atom is 0.258 e. The van der Waals surface area contributed by atoms with Gasteiger partial charge in [0.1, 0.15) is 12.6 Å². The standard InChI is InChI=1S/C26H25Cl2N3O5S/c1-35-25-15-19(6-13-24(25)36-17-18-4-7-20(27)8-5-18)16-29-30-26(32)23-3-2-14-31(23)37(33,34)22-11-9-21(28)10-12-22/h4-13,15-16,23H,2-3,14,17H2,1H3,(H,30,32)/b29-16+. The Morgan fingerprint density at radius 3 is 2.41 bits per heavy atom. The van der Waals surface area contributed by atoms with Crippen molar-refractivity contribution in [2.45, 2.75) is 30.4 Å². The summed E-state index contributed by atoms with van der Waals surface area (Å²) in [6, 6.07) is 17.6. The van der Waals surface area contributed by atoms with Crippen molar-refractivity contribution in [2.75, 3.05) is 13.7 Å². The Morgan fingerprint density at radius 2 is 1.73 bits per heavy atom. The second-order valence-corrected chi connectivity index (χ2v) is 11.1. The number of methoxy groups -OCH3 is 1. The van der Waals surface area contributed by atoms with Crippen molar-refractivity contribution >= 4 is 45.3 Å². The van der Waals surface area contributed by atoms with Crippen LogP contribution < -0.4 is 14.9 Å². The molecule has 0 saturated carbocycles. The number of nitrogens with zero attached hydrogens (tertiary/aromatic N) is 2. The van der Waals surface area contributed by atoms with E-state index in [1.54, 1.807) is 30.3 Å². The molecule has 0 aliphatic carbocycles. The monoisotopic (exact) mass is 561 g/mol. The quantitative estimate of drug-likeness (QED) is 0.296. The third kappa shape index (κ3) is 6.61. The molecular formula is C26H25Cl2N3O5S. The smallest absolute Gasteiger partial charge is 0.258 e. The minimum atomic E-state index is -3.84. The number of hydrogen-bond acceptors (Lipinski definition) is 6. The minimum Gasteiger partial charge on any atom is -0.493 e. The number of benzene rings is 3. The lowest BCUT2D eigenvalue weighted by molar-refractivity contribution is -0.124. The van der Waals surface area contributed by atoms with E-state index in [9.17, 15) is 13.2 Å². The van der Waals surface area contributed by atoms with Gasteiger partial charge in [0.2, 0.25) is 10.0 Å². The topological polar surface area (TPSA) is 97.3 Å². The Morgan fingerprint density at radius 1 is 1.05 bits per heavy atom. The summed E-state index contributed by atoms with van der Waals surface area (Å²) in [5, 5.41) is 5.11. The van der Waals surface area contributed by atoms with E-state index in [0.29, 0.717) is 46.6 Å². The molecule has 1 N–H and O–H groups in total. The highest BCUT2D eigenvalue weighted by atomic mass is 35.5. The Hall–Kier alpha value is -3.11. The van der Waals surface area contributed by atoms with E-state index in [1.807, 2.05) is 12.1 Å². The van der Waals surface area contributed by atoms with Crippen molar-refractivity contribution in [3.8, 4) is 11.5 Å². The van der Waals surface area contributed by atoms with Crippen LogP contribution in [0, 0.1) is 0 Å². The van der Waals surface area contributed by atoms with Crippen molar-refractivity contribution in [3.63, 3.8) is 0 Å². The van der Waals surface area contributed by atoms with E-state index in [-0.39, 0.29) is 11.4 Å². The number of amides is 1. The minimum absolute atomic E-state index is 0.0885. The first-order valence-corrected chi connectivity index (χ1v) is 13.6. The SMILES string of the molecule is COc1cc(/C=N/NC(=O)C2CCCN2S(=O)(=O)c2ccc(Cl)cc2)ccc1OCc1ccc(Cl)cc1. The highest BCUT2D eigenvalue weighted by Crippen LogP contribution is 2.29. The van der Waals surface area contributed by atoms with Crippen LogP contribution in [0.3, 0.4) is 0 Å². The number of carbonyl (C=O) groups is 1. The fraction of sp³-hybridized carbons (Fsp3) is 0.231. The molecule has 1 unspecified atom stereocenters. The molecule has 194 valence electrons. The van der Waals surface area contributed by atoms with Crippen LogP contribution in [0.5, 0.6) is 11.5 Å². The number of rotatable bonds is 9. The molecule has 3 aromatic carbocycles. The second kappa shape index (κ2) is 12.0. The van der Waals surface area contributed by atoms with Gasteiger partial charge in [-0.05, 0) is 78.6 Å². The number of sulfonamides is 1. The van der Waals surface area contributed by atoms with Gasteiger partial charge < -0.3 is 9.47 Å².